The Hall–Kier alpha value is -3.02. The van der Waals surface area contributed by atoms with E-state index in [0.29, 0.717) is 23.6 Å². The standard InChI is InChI=1S/C19H18N2O4/c1-24-16-5-4-14(17-18(16)25-10-13(22)9-21-17)11-2-3-15-12(8-11)6-7-20-19(15)23/h2-5,8,21H,6-7,9-10H2,1H3,(H,20,23). The topological polar surface area (TPSA) is 76.7 Å². The van der Waals surface area contributed by atoms with Gasteiger partial charge >= 0.3 is 0 Å². The van der Waals surface area contributed by atoms with Crippen LogP contribution >= 0.6 is 0 Å². The number of methoxy groups -OCH3 is 1. The minimum atomic E-state index is -0.0339. The maximum absolute atomic E-state index is 11.9. The fourth-order valence-electron chi connectivity index (χ4n) is 3.27. The van der Waals surface area contributed by atoms with Gasteiger partial charge in [-0.2, -0.15) is 0 Å². The Morgan fingerprint density at radius 1 is 1.08 bits per heavy atom. The molecule has 0 aromatic heterocycles. The van der Waals surface area contributed by atoms with Crippen molar-refractivity contribution in [3.05, 3.63) is 41.5 Å². The van der Waals surface area contributed by atoms with Gasteiger partial charge in [-0.15, -0.1) is 0 Å². The van der Waals surface area contributed by atoms with Gasteiger partial charge in [-0.25, -0.2) is 0 Å². The second-order valence-electron chi connectivity index (χ2n) is 6.08. The van der Waals surface area contributed by atoms with Gasteiger partial charge in [0, 0.05) is 17.7 Å². The molecule has 2 aliphatic heterocycles. The summed E-state index contributed by atoms with van der Waals surface area (Å²) < 4.78 is 11.0. The van der Waals surface area contributed by atoms with Crippen LogP contribution in [0.25, 0.3) is 11.1 Å². The van der Waals surface area contributed by atoms with E-state index in [4.69, 9.17) is 9.47 Å². The highest BCUT2D eigenvalue weighted by molar-refractivity contribution is 5.98. The number of fused-ring (bicyclic) bond motifs is 2. The Balaban J connectivity index is 1.84. The fourth-order valence-corrected chi connectivity index (χ4v) is 3.27. The van der Waals surface area contributed by atoms with E-state index < -0.39 is 0 Å². The lowest BCUT2D eigenvalue weighted by Gasteiger charge is -2.19. The van der Waals surface area contributed by atoms with Crippen molar-refractivity contribution >= 4 is 17.4 Å². The van der Waals surface area contributed by atoms with E-state index in [1.165, 1.54) is 0 Å². The molecule has 6 nitrogen and oxygen atoms in total. The van der Waals surface area contributed by atoms with Crippen molar-refractivity contribution in [3.8, 4) is 22.6 Å². The number of ketones is 1. The molecule has 0 bridgehead atoms. The van der Waals surface area contributed by atoms with Crippen LogP contribution in [0.2, 0.25) is 0 Å². The van der Waals surface area contributed by atoms with Crippen molar-refractivity contribution in [1.29, 1.82) is 0 Å². The predicted octanol–water partition coefficient (Wildman–Crippen LogP) is 2.02. The van der Waals surface area contributed by atoms with Gasteiger partial charge in [-0.05, 0) is 35.7 Å². The minimum absolute atomic E-state index is 0.0180. The third-order valence-corrected chi connectivity index (χ3v) is 4.52. The number of nitrogens with one attached hydrogen (secondary N) is 2. The van der Waals surface area contributed by atoms with E-state index >= 15 is 0 Å². The zero-order valence-corrected chi connectivity index (χ0v) is 13.8. The first kappa shape index (κ1) is 15.5. The Bertz CT molecular complexity index is 876. The Morgan fingerprint density at radius 2 is 1.92 bits per heavy atom. The molecule has 2 aromatic carbocycles. The summed E-state index contributed by atoms with van der Waals surface area (Å²) in [6, 6.07) is 9.56. The number of hydrogen-bond acceptors (Lipinski definition) is 5. The van der Waals surface area contributed by atoms with Crippen LogP contribution in [0.1, 0.15) is 15.9 Å². The van der Waals surface area contributed by atoms with Crippen LogP contribution in [0.15, 0.2) is 30.3 Å². The molecule has 0 saturated heterocycles. The predicted molar refractivity (Wildman–Crippen MR) is 93.5 cm³/mol. The molecule has 0 saturated carbocycles. The van der Waals surface area contributed by atoms with Crippen LogP contribution in [0.5, 0.6) is 11.5 Å². The van der Waals surface area contributed by atoms with Gasteiger partial charge in [-0.3, -0.25) is 9.59 Å². The summed E-state index contributed by atoms with van der Waals surface area (Å²) >= 11 is 0. The second-order valence-corrected chi connectivity index (χ2v) is 6.08. The SMILES string of the molecule is COc1ccc(-c2ccc3c(c2)CCNC3=O)c2c1OCC(=O)CN2. The molecule has 6 heteroatoms. The van der Waals surface area contributed by atoms with Gasteiger partial charge in [0.25, 0.3) is 5.91 Å². The van der Waals surface area contributed by atoms with Crippen LogP contribution in [0.3, 0.4) is 0 Å². The number of Topliss-reactive ketones (excluding diaryl/α,β-unsaturated/α-hetero) is 1. The first-order valence-corrected chi connectivity index (χ1v) is 8.18. The molecular formula is C19H18N2O4. The summed E-state index contributed by atoms with van der Waals surface area (Å²) in [5.41, 5.74) is 4.37. The lowest BCUT2D eigenvalue weighted by atomic mass is 9.94. The van der Waals surface area contributed by atoms with Gasteiger partial charge in [-0.1, -0.05) is 12.1 Å². The van der Waals surface area contributed by atoms with Gasteiger partial charge in [0.15, 0.2) is 17.3 Å². The number of amides is 1. The molecule has 2 N–H and O–H groups in total. The third kappa shape index (κ3) is 2.69. The molecule has 0 radical (unpaired) electrons. The maximum atomic E-state index is 11.9. The van der Waals surface area contributed by atoms with Gasteiger partial charge in [0.1, 0.15) is 6.61 Å². The molecule has 25 heavy (non-hydrogen) atoms. The summed E-state index contributed by atoms with van der Waals surface area (Å²) in [5, 5.41) is 6.02. The Labute approximate surface area is 145 Å². The summed E-state index contributed by atoms with van der Waals surface area (Å²) in [6.45, 7) is 0.872. The first-order chi connectivity index (χ1) is 12.2. The number of anilines is 1. The lowest BCUT2D eigenvalue weighted by Crippen LogP contribution is -2.31. The summed E-state index contributed by atoms with van der Waals surface area (Å²) in [5.74, 6) is 1.07. The van der Waals surface area contributed by atoms with Crippen LogP contribution in [-0.4, -0.2) is 38.5 Å². The molecule has 2 aromatic rings. The first-order valence-electron chi connectivity index (χ1n) is 8.18. The van der Waals surface area contributed by atoms with Crippen molar-refractivity contribution in [2.75, 3.05) is 32.1 Å². The van der Waals surface area contributed by atoms with Gasteiger partial charge in [0.2, 0.25) is 0 Å². The van der Waals surface area contributed by atoms with Crippen molar-refractivity contribution in [2.24, 2.45) is 0 Å². The molecule has 2 aliphatic rings. The van der Waals surface area contributed by atoms with E-state index in [9.17, 15) is 9.59 Å². The summed E-state index contributed by atoms with van der Waals surface area (Å²) in [7, 11) is 1.57. The lowest BCUT2D eigenvalue weighted by molar-refractivity contribution is -0.119. The van der Waals surface area contributed by atoms with Crippen LogP contribution in [-0.2, 0) is 11.2 Å². The van der Waals surface area contributed by atoms with Gasteiger partial charge in [0.05, 0.1) is 19.3 Å². The molecule has 2 heterocycles. The van der Waals surface area contributed by atoms with E-state index in [1.54, 1.807) is 7.11 Å². The molecule has 0 unspecified atom stereocenters. The third-order valence-electron chi connectivity index (χ3n) is 4.52. The number of carbonyl (C=O) groups excluding carboxylic acids is 2. The highest BCUT2D eigenvalue weighted by Crippen LogP contribution is 2.43. The Morgan fingerprint density at radius 3 is 2.76 bits per heavy atom. The van der Waals surface area contributed by atoms with Crippen molar-refractivity contribution in [1.82, 2.24) is 5.32 Å². The molecule has 0 aliphatic carbocycles. The normalized spacial score (nSPS) is 15.9. The van der Waals surface area contributed by atoms with Crippen molar-refractivity contribution in [2.45, 2.75) is 6.42 Å². The molecular weight excluding hydrogens is 320 g/mol. The van der Waals surface area contributed by atoms with E-state index in [-0.39, 0.29) is 24.8 Å². The van der Waals surface area contributed by atoms with E-state index in [1.807, 2.05) is 30.3 Å². The second kappa shape index (κ2) is 6.12. The summed E-state index contributed by atoms with van der Waals surface area (Å²) in [6.07, 6.45) is 0.801. The molecule has 4 rings (SSSR count). The average Bonchev–Trinajstić information content (AvgIpc) is 2.83. The Kier molecular flexibility index (Phi) is 3.80. The largest absolute Gasteiger partial charge is 0.493 e. The van der Waals surface area contributed by atoms with Crippen LogP contribution < -0.4 is 20.1 Å². The van der Waals surface area contributed by atoms with Crippen LogP contribution in [0, 0.1) is 0 Å². The smallest absolute Gasteiger partial charge is 0.251 e. The fraction of sp³-hybridized carbons (Fsp3) is 0.263. The van der Waals surface area contributed by atoms with E-state index in [0.717, 1.165) is 28.8 Å². The quantitative estimate of drug-likeness (QED) is 0.876. The zero-order valence-electron chi connectivity index (χ0n) is 13.8. The van der Waals surface area contributed by atoms with Crippen molar-refractivity contribution in [3.63, 3.8) is 0 Å². The number of hydrogen-bond donors (Lipinski definition) is 2. The molecule has 1 amide bonds. The number of benzene rings is 2. The van der Waals surface area contributed by atoms with Crippen molar-refractivity contribution < 1.29 is 19.1 Å². The number of carbonyl (C=O) groups is 2. The molecule has 0 spiro atoms. The highest BCUT2D eigenvalue weighted by Gasteiger charge is 2.23. The molecule has 0 atom stereocenters. The number of ether oxygens (including phenoxy) is 2. The minimum Gasteiger partial charge on any atom is -0.493 e. The summed E-state index contributed by atoms with van der Waals surface area (Å²) in [4.78, 5) is 23.7. The van der Waals surface area contributed by atoms with E-state index in [2.05, 4.69) is 10.6 Å². The average molecular weight is 338 g/mol. The number of rotatable bonds is 2. The molecule has 128 valence electrons. The molecule has 0 fully saturated rings. The zero-order chi connectivity index (χ0) is 17.4. The van der Waals surface area contributed by atoms with Crippen LogP contribution in [0.4, 0.5) is 5.69 Å². The van der Waals surface area contributed by atoms with Gasteiger partial charge < -0.3 is 20.1 Å². The highest BCUT2D eigenvalue weighted by atomic mass is 16.5. The maximum Gasteiger partial charge on any atom is 0.251 e. The monoisotopic (exact) mass is 338 g/mol.